The van der Waals surface area contributed by atoms with Crippen LogP contribution >= 0.6 is 0 Å². The van der Waals surface area contributed by atoms with Gasteiger partial charge in [-0.25, -0.2) is 0 Å². The third-order valence-electron chi connectivity index (χ3n) is 3.21. The van der Waals surface area contributed by atoms with Crippen molar-refractivity contribution in [2.75, 3.05) is 23.7 Å². The molecule has 2 aromatic rings. The summed E-state index contributed by atoms with van der Waals surface area (Å²) in [6.45, 7) is 1.57. The zero-order valence-corrected chi connectivity index (χ0v) is 9.80. The van der Waals surface area contributed by atoms with Crippen molar-refractivity contribution in [1.82, 2.24) is 20.2 Å². The van der Waals surface area contributed by atoms with Gasteiger partial charge in [0.2, 0.25) is 5.95 Å². The van der Waals surface area contributed by atoms with Crippen molar-refractivity contribution in [2.45, 2.75) is 12.8 Å². The van der Waals surface area contributed by atoms with Gasteiger partial charge in [0.05, 0.1) is 23.6 Å². The lowest BCUT2D eigenvalue weighted by Crippen LogP contribution is -2.35. The van der Waals surface area contributed by atoms with E-state index in [-0.39, 0.29) is 11.9 Å². The Bertz CT molecular complexity index is 611. The number of fused-ring (bicyclic) bond motifs is 1. The van der Waals surface area contributed by atoms with Gasteiger partial charge in [-0.3, -0.25) is 5.10 Å². The predicted octanol–water partition coefficient (Wildman–Crippen LogP) is 0.675. The highest BCUT2D eigenvalue weighted by atomic mass is 15.2. The normalized spacial score (nSPS) is 19.9. The second-order valence-electron chi connectivity index (χ2n) is 4.45. The van der Waals surface area contributed by atoms with Gasteiger partial charge in [-0.1, -0.05) is 0 Å². The number of hydrogen-bond acceptors (Lipinski definition) is 6. The largest absolute Gasteiger partial charge is 0.368 e. The molecule has 1 aliphatic heterocycles. The van der Waals surface area contributed by atoms with Crippen molar-refractivity contribution >= 4 is 22.8 Å². The van der Waals surface area contributed by atoms with Gasteiger partial charge in [-0.2, -0.15) is 20.3 Å². The quantitative estimate of drug-likeness (QED) is 0.762. The molecule has 0 spiro atoms. The second kappa shape index (κ2) is 4.14. The fourth-order valence-corrected chi connectivity index (χ4v) is 2.35. The average Bonchev–Trinajstić information content (AvgIpc) is 2.85. The number of nitrogens with one attached hydrogen (secondary N) is 1. The van der Waals surface area contributed by atoms with Gasteiger partial charge in [0.25, 0.3) is 0 Å². The minimum Gasteiger partial charge on any atom is -0.368 e. The number of nitrogens with zero attached hydrogens (tertiary/aromatic N) is 5. The monoisotopic (exact) mass is 243 g/mol. The molecule has 7 heteroatoms. The van der Waals surface area contributed by atoms with Crippen LogP contribution in [-0.4, -0.2) is 33.3 Å². The van der Waals surface area contributed by atoms with Crippen molar-refractivity contribution in [3.8, 4) is 6.07 Å². The van der Waals surface area contributed by atoms with Gasteiger partial charge in [0.15, 0.2) is 5.65 Å². The Morgan fingerprint density at radius 1 is 1.50 bits per heavy atom. The maximum atomic E-state index is 9.03. The smallest absolute Gasteiger partial charge is 0.224 e. The highest BCUT2D eigenvalue weighted by molar-refractivity contribution is 5.87. The van der Waals surface area contributed by atoms with Gasteiger partial charge in [-0.05, 0) is 12.8 Å². The molecule has 0 aliphatic carbocycles. The first-order chi connectivity index (χ1) is 8.78. The minimum atomic E-state index is 0.0527. The fraction of sp³-hybridized carbons (Fsp3) is 0.455. The van der Waals surface area contributed by atoms with Gasteiger partial charge >= 0.3 is 0 Å². The molecule has 0 bridgehead atoms. The molecule has 0 amide bonds. The lowest BCUT2D eigenvalue weighted by Gasteiger charge is -2.30. The molecule has 3 N–H and O–H groups in total. The van der Waals surface area contributed by atoms with Crippen molar-refractivity contribution in [3.05, 3.63) is 6.20 Å². The molecule has 1 saturated heterocycles. The van der Waals surface area contributed by atoms with E-state index in [0.717, 1.165) is 30.6 Å². The van der Waals surface area contributed by atoms with Gasteiger partial charge in [0.1, 0.15) is 5.82 Å². The number of rotatable bonds is 1. The first-order valence-electron chi connectivity index (χ1n) is 5.89. The molecule has 7 nitrogen and oxygen atoms in total. The molecule has 1 unspecified atom stereocenters. The lowest BCUT2D eigenvalue weighted by atomic mass is 10.00. The van der Waals surface area contributed by atoms with E-state index >= 15 is 0 Å². The molecule has 18 heavy (non-hydrogen) atoms. The number of nitrogens with two attached hydrogens (primary N) is 1. The van der Waals surface area contributed by atoms with E-state index in [4.69, 9.17) is 11.0 Å². The van der Waals surface area contributed by atoms with Crippen molar-refractivity contribution in [1.29, 1.82) is 5.26 Å². The molecule has 3 heterocycles. The van der Waals surface area contributed by atoms with E-state index in [9.17, 15) is 0 Å². The van der Waals surface area contributed by atoms with Crippen LogP contribution < -0.4 is 10.6 Å². The molecule has 1 aliphatic rings. The molecule has 0 aromatic carbocycles. The van der Waals surface area contributed by atoms with Crippen LogP contribution in [0.3, 0.4) is 0 Å². The van der Waals surface area contributed by atoms with E-state index in [0.29, 0.717) is 12.2 Å². The Labute approximate surface area is 104 Å². The van der Waals surface area contributed by atoms with Crippen molar-refractivity contribution < 1.29 is 0 Å². The molecule has 0 radical (unpaired) electrons. The molecule has 92 valence electrons. The molecule has 1 fully saturated rings. The summed E-state index contributed by atoms with van der Waals surface area (Å²) >= 11 is 0. The SMILES string of the molecule is N#CC1CCCN(c2nc(N)nc3[nH]ncc23)C1. The summed E-state index contributed by atoms with van der Waals surface area (Å²) in [5.41, 5.74) is 6.33. The Balaban J connectivity index is 2.03. The zero-order chi connectivity index (χ0) is 12.5. The van der Waals surface area contributed by atoms with E-state index in [2.05, 4.69) is 31.1 Å². The first-order valence-corrected chi connectivity index (χ1v) is 5.89. The lowest BCUT2D eigenvalue weighted by molar-refractivity contribution is 0.492. The minimum absolute atomic E-state index is 0.0527. The third-order valence-corrected chi connectivity index (χ3v) is 3.21. The fourth-order valence-electron chi connectivity index (χ4n) is 2.35. The molecular weight excluding hydrogens is 230 g/mol. The molecule has 0 saturated carbocycles. The summed E-state index contributed by atoms with van der Waals surface area (Å²) in [6, 6.07) is 2.32. The van der Waals surface area contributed by atoms with E-state index in [1.807, 2.05) is 0 Å². The summed E-state index contributed by atoms with van der Waals surface area (Å²) < 4.78 is 0. The molecule has 1 atom stereocenters. The number of aromatic amines is 1. The van der Waals surface area contributed by atoms with Crippen molar-refractivity contribution in [3.63, 3.8) is 0 Å². The highest BCUT2D eigenvalue weighted by Crippen LogP contribution is 2.27. The van der Waals surface area contributed by atoms with E-state index in [1.54, 1.807) is 6.20 Å². The number of nitrogen functional groups attached to an aromatic ring is 1. The predicted molar refractivity (Wildman–Crippen MR) is 66.6 cm³/mol. The second-order valence-corrected chi connectivity index (χ2v) is 4.45. The van der Waals surface area contributed by atoms with Gasteiger partial charge in [-0.15, -0.1) is 0 Å². The van der Waals surface area contributed by atoms with Crippen LogP contribution in [0.15, 0.2) is 6.20 Å². The Morgan fingerprint density at radius 3 is 3.22 bits per heavy atom. The number of piperidine rings is 1. The number of nitriles is 1. The number of aromatic nitrogens is 4. The maximum absolute atomic E-state index is 9.03. The summed E-state index contributed by atoms with van der Waals surface area (Å²) in [7, 11) is 0. The van der Waals surface area contributed by atoms with Crippen LogP contribution in [-0.2, 0) is 0 Å². The van der Waals surface area contributed by atoms with Crippen LogP contribution in [0.2, 0.25) is 0 Å². The summed E-state index contributed by atoms with van der Waals surface area (Å²) in [6.07, 6.45) is 3.63. The van der Waals surface area contributed by atoms with Crippen LogP contribution in [0.5, 0.6) is 0 Å². The van der Waals surface area contributed by atoms with Crippen LogP contribution in [0, 0.1) is 17.2 Å². The zero-order valence-electron chi connectivity index (χ0n) is 9.80. The van der Waals surface area contributed by atoms with Crippen LogP contribution in [0.25, 0.3) is 11.0 Å². The summed E-state index contributed by atoms with van der Waals surface area (Å²) in [5, 5.41) is 16.6. The van der Waals surface area contributed by atoms with E-state index in [1.165, 1.54) is 0 Å². The van der Waals surface area contributed by atoms with Crippen molar-refractivity contribution in [2.24, 2.45) is 5.92 Å². The van der Waals surface area contributed by atoms with Crippen LogP contribution in [0.1, 0.15) is 12.8 Å². The molecule has 3 rings (SSSR count). The summed E-state index contributed by atoms with van der Waals surface area (Å²) in [4.78, 5) is 10.5. The maximum Gasteiger partial charge on any atom is 0.224 e. The van der Waals surface area contributed by atoms with Gasteiger partial charge < -0.3 is 10.6 Å². The summed E-state index contributed by atoms with van der Waals surface area (Å²) in [5.74, 6) is 1.05. The molecule has 2 aromatic heterocycles. The first kappa shape index (κ1) is 10.8. The number of H-pyrrole nitrogens is 1. The standard InChI is InChI=1S/C11H13N7/c12-4-7-2-1-3-18(6-7)10-8-5-14-17-9(8)15-11(13)16-10/h5,7H,1-3,6H2,(H3,13,14,15,16,17). The van der Waals surface area contributed by atoms with Crippen LogP contribution in [0.4, 0.5) is 11.8 Å². The Hall–Kier alpha value is -2.36. The third kappa shape index (κ3) is 1.72. The highest BCUT2D eigenvalue weighted by Gasteiger charge is 2.23. The Morgan fingerprint density at radius 2 is 2.39 bits per heavy atom. The average molecular weight is 243 g/mol. The van der Waals surface area contributed by atoms with E-state index < -0.39 is 0 Å². The Kier molecular flexibility index (Phi) is 2.48. The molecular formula is C11H13N7. The topological polar surface area (TPSA) is 108 Å². The number of hydrogen-bond donors (Lipinski definition) is 2. The van der Waals surface area contributed by atoms with Gasteiger partial charge in [0, 0.05) is 13.1 Å². The number of anilines is 2.